The van der Waals surface area contributed by atoms with Crippen molar-refractivity contribution in [3.05, 3.63) is 65.7 Å². The first-order valence-corrected chi connectivity index (χ1v) is 8.50. The van der Waals surface area contributed by atoms with Gasteiger partial charge in [-0.2, -0.15) is 5.11 Å². The van der Waals surface area contributed by atoms with Crippen molar-refractivity contribution in [3.8, 4) is 11.5 Å². The molecule has 0 bridgehead atoms. The van der Waals surface area contributed by atoms with Crippen LogP contribution in [-0.4, -0.2) is 30.1 Å². The minimum Gasteiger partial charge on any atom is -0.494 e. The van der Waals surface area contributed by atoms with Crippen molar-refractivity contribution in [1.29, 1.82) is 0 Å². The molecular weight excluding hydrogens is 382 g/mol. The van der Waals surface area contributed by atoms with Crippen LogP contribution >= 0.6 is 11.6 Å². The maximum absolute atomic E-state index is 12.3. The first-order chi connectivity index (χ1) is 13.6. The van der Waals surface area contributed by atoms with Crippen LogP contribution in [0.1, 0.15) is 10.5 Å². The van der Waals surface area contributed by atoms with Crippen LogP contribution in [0, 0.1) is 0 Å². The molecule has 1 aromatic carbocycles. The number of anilines is 1. The van der Waals surface area contributed by atoms with Crippen LogP contribution in [0.3, 0.4) is 0 Å². The second-order valence-electron chi connectivity index (χ2n) is 5.44. The number of carbonyl (C=O) groups is 1. The van der Waals surface area contributed by atoms with E-state index in [0.717, 1.165) is 0 Å². The Hall–Kier alpha value is -3.52. The lowest BCUT2D eigenvalue weighted by Crippen LogP contribution is -2.13. The maximum atomic E-state index is 12.3. The number of nitrogens with one attached hydrogen (secondary N) is 1. The first-order valence-electron chi connectivity index (χ1n) is 8.12. The molecule has 3 aromatic rings. The molecule has 0 unspecified atom stereocenters. The molecule has 0 aliphatic heterocycles. The van der Waals surface area contributed by atoms with Gasteiger partial charge in [0.25, 0.3) is 5.91 Å². The number of azo groups is 1. The summed E-state index contributed by atoms with van der Waals surface area (Å²) in [6.07, 6.45) is 3.08. The molecule has 9 heteroatoms. The van der Waals surface area contributed by atoms with Crippen LogP contribution in [0.15, 0.2) is 65.1 Å². The third kappa shape index (κ3) is 4.60. The lowest BCUT2D eigenvalue weighted by molar-refractivity contribution is 0.102. The zero-order chi connectivity index (χ0) is 19.9. The summed E-state index contributed by atoms with van der Waals surface area (Å²) in [6.45, 7) is 0. The van der Waals surface area contributed by atoms with E-state index in [2.05, 4.69) is 25.5 Å². The van der Waals surface area contributed by atoms with E-state index < -0.39 is 0 Å². The Labute approximate surface area is 166 Å². The van der Waals surface area contributed by atoms with Gasteiger partial charge in [0.05, 0.1) is 19.9 Å². The normalized spacial score (nSPS) is 10.7. The van der Waals surface area contributed by atoms with Crippen molar-refractivity contribution in [2.75, 3.05) is 19.5 Å². The number of benzene rings is 1. The first kappa shape index (κ1) is 19.2. The van der Waals surface area contributed by atoms with E-state index in [1.807, 2.05) is 0 Å². The van der Waals surface area contributed by atoms with Crippen molar-refractivity contribution in [2.45, 2.75) is 0 Å². The number of ether oxygens (including phenoxy) is 2. The highest BCUT2D eigenvalue weighted by atomic mass is 35.5. The van der Waals surface area contributed by atoms with Gasteiger partial charge < -0.3 is 14.8 Å². The summed E-state index contributed by atoms with van der Waals surface area (Å²) < 4.78 is 10.8. The van der Waals surface area contributed by atoms with Crippen molar-refractivity contribution in [2.24, 2.45) is 10.2 Å². The molecule has 3 rings (SSSR count). The molecule has 28 heavy (non-hydrogen) atoms. The van der Waals surface area contributed by atoms with Gasteiger partial charge in [0.1, 0.15) is 10.8 Å². The van der Waals surface area contributed by atoms with Gasteiger partial charge in [-0.1, -0.05) is 17.7 Å². The fraction of sp³-hybridized carbons (Fsp3) is 0.105. The van der Waals surface area contributed by atoms with Crippen LogP contribution in [-0.2, 0) is 0 Å². The summed E-state index contributed by atoms with van der Waals surface area (Å²) in [4.78, 5) is 20.2. The molecule has 0 spiro atoms. The van der Waals surface area contributed by atoms with E-state index in [1.165, 1.54) is 20.4 Å². The number of halogens is 1. The molecule has 1 N–H and O–H groups in total. The van der Waals surface area contributed by atoms with E-state index in [9.17, 15) is 4.79 Å². The molecule has 0 aliphatic rings. The van der Waals surface area contributed by atoms with E-state index >= 15 is 0 Å². The van der Waals surface area contributed by atoms with Crippen molar-refractivity contribution < 1.29 is 14.3 Å². The van der Waals surface area contributed by atoms with Gasteiger partial charge in [-0.15, -0.1) is 5.11 Å². The summed E-state index contributed by atoms with van der Waals surface area (Å²) in [5.74, 6) is 0.393. The average molecular weight is 398 g/mol. The van der Waals surface area contributed by atoms with Crippen LogP contribution in [0.4, 0.5) is 17.1 Å². The van der Waals surface area contributed by atoms with Crippen LogP contribution in [0.2, 0.25) is 5.15 Å². The Morgan fingerprint density at radius 1 is 1.00 bits per heavy atom. The van der Waals surface area contributed by atoms with Gasteiger partial charge in [0.15, 0.2) is 17.2 Å². The number of methoxy groups -OCH3 is 2. The number of carbonyl (C=O) groups excluding carboxylic acids is 1. The molecule has 0 radical (unpaired) electrons. The quantitative estimate of drug-likeness (QED) is 0.475. The summed E-state index contributed by atoms with van der Waals surface area (Å²) in [6, 6.07) is 11.6. The van der Waals surface area contributed by atoms with Crippen LogP contribution in [0.5, 0.6) is 11.5 Å². The molecular formula is C19H16ClN5O3. The number of aromatic nitrogens is 2. The summed E-state index contributed by atoms with van der Waals surface area (Å²) in [5, 5.41) is 11.4. The molecule has 2 heterocycles. The summed E-state index contributed by atoms with van der Waals surface area (Å²) >= 11 is 5.86. The van der Waals surface area contributed by atoms with E-state index in [-0.39, 0.29) is 5.91 Å². The Bertz CT molecular complexity index is 986. The Morgan fingerprint density at radius 2 is 1.75 bits per heavy atom. The second-order valence-corrected chi connectivity index (χ2v) is 5.82. The fourth-order valence-electron chi connectivity index (χ4n) is 2.32. The van der Waals surface area contributed by atoms with E-state index in [0.29, 0.717) is 39.4 Å². The van der Waals surface area contributed by atoms with Gasteiger partial charge in [0, 0.05) is 36.3 Å². The number of rotatable bonds is 6. The highest BCUT2D eigenvalue weighted by Gasteiger charge is 2.15. The average Bonchev–Trinajstić information content (AvgIpc) is 2.72. The number of pyridine rings is 2. The van der Waals surface area contributed by atoms with Gasteiger partial charge in [-0.3, -0.25) is 9.78 Å². The number of hydrogen-bond acceptors (Lipinski definition) is 7. The largest absolute Gasteiger partial charge is 0.494 e. The molecule has 8 nitrogen and oxygen atoms in total. The number of hydrogen-bond donors (Lipinski definition) is 1. The summed E-state index contributed by atoms with van der Waals surface area (Å²) in [7, 11) is 2.98. The molecule has 142 valence electrons. The Morgan fingerprint density at radius 3 is 2.36 bits per heavy atom. The molecule has 0 saturated heterocycles. The lowest BCUT2D eigenvalue weighted by atomic mass is 10.2. The third-order valence-electron chi connectivity index (χ3n) is 3.61. The van der Waals surface area contributed by atoms with Crippen molar-refractivity contribution in [1.82, 2.24) is 9.97 Å². The smallest absolute Gasteiger partial charge is 0.274 e. The highest BCUT2D eigenvalue weighted by Crippen LogP contribution is 2.41. The minimum absolute atomic E-state index is 0.291. The predicted octanol–water partition coefficient (Wildman–Crippen LogP) is 4.81. The molecule has 0 aliphatic carbocycles. The monoisotopic (exact) mass is 397 g/mol. The molecule has 0 saturated carbocycles. The predicted molar refractivity (Wildman–Crippen MR) is 105 cm³/mol. The standard InChI is InChI=1S/C19H16ClN5O3/c1-27-15-9-13(23-19(26)14-5-3-4-7-21-14)10-16(28-2)18(15)25-24-12-6-8-22-17(20)11-12/h3-11H,1-2H3,(H,23,26). The Balaban J connectivity index is 1.91. The molecule has 2 aromatic heterocycles. The Kier molecular flexibility index (Phi) is 6.13. The second kappa shape index (κ2) is 8.92. The SMILES string of the molecule is COc1cc(NC(=O)c2ccccn2)cc(OC)c1N=Nc1ccnc(Cl)c1. The van der Waals surface area contributed by atoms with Crippen molar-refractivity contribution >= 4 is 34.6 Å². The van der Waals surface area contributed by atoms with Gasteiger partial charge in [-0.25, -0.2) is 4.98 Å². The lowest BCUT2D eigenvalue weighted by Gasteiger charge is -2.12. The number of amides is 1. The maximum Gasteiger partial charge on any atom is 0.274 e. The summed E-state index contributed by atoms with van der Waals surface area (Å²) in [5.41, 5.74) is 1.65. The molecule has 1 amide bonds. The van der Waals surface area contributed by atoms with E-state index in [1.54, 1.807) is 48.7 Å². The van der Waals surface area contributed by atoms with Gasteiger partial charge in [-0.05, 0) is 18.2 Å². The third-order valence-corrected chi connectivity index (χ3v) is 3.82. The van der Waals surface area contributed by atoms with Gasteiger partial charge in [0.2, 0.25) is 0 Å². The minimum atomic E-state index is -0.356. The van der Waals surface area contributed by atoms with Crippen LogP contribution in [0.25, 0.3) is 0 Å². The van der Waals surface area contributed by atoms with Crippen LogP contribution < -0.4 is 14.8 Å². The van der Waals surface area contributed by atoms with Crippen molar-refractivity contribution in [3.63, 3.8) is 0 Å². The zero-order valence-corrected chi connectivity index (χ0v) is 15.8. The zero-order valence-electron chi connectivity index (χ0n) is 15.1. The van der Waals surface area contributed by atoms with E-state index in [4.69, 9.17) is 21.1 Å². The molecule has 0 fully saturated rings. The topological polar surface area (TPSA) is 98.1 Å². The van der Waals surface area contributed by atoms with Gasteiger partial charge >= 0.3 is 0 Å². The number of nitrogens with zero attached hydrogens (tertiary/aromatic N) is 4. The highest BCUT2D eigenvalue weighted by molar-refractivity contribution is 6.29. The molecule has 0 atom stereocenters. The fourth-order valence-corrected chi connectivity index (χ4v) is 2.49.